The Morgan fingerprint density at radius 3 is 2.44 bits per heavy atom. The van der Waals surface area contributed by atoms with Crippen LogP contribution >= 0.6 is 0 Å². The van der Waals surface area contributed by atoms with Crippen molar-refractivity contribution in [2.24, 2.45) is 0 Å². The molecular weight excluding hydrogens is 236 g/mol. The van der Waals surface area contributed by atoms with Gasteiger partial charge < -0.3 is 20.5 Å². The lowest BCUT2D eigenvalue weighted by Crippen LogP contribution is -2.37. The van der Waals surface area contributed by atoms with Crippen LogP contribution in [-0.2, 0) is 4.79 Å². The van der Waals surface area contributed by atoms with Crippen LogP contribution in [0.15, 0.2) is 24.3 Å². The van der Waals surface area contributed by atoms with Crippen LogP contribution < -0.4 is 15.4 Å². The van der Waals surface area contributed by atoms with Gasteiger partial charge in [-0.25, -0.2) is 4.79 Å². The Morgan fingerprint density at radius 2 is 1.94 bits per heavy atom. The first-order valence-electron chi connectivity index (χ1n) is 5.44. The maximum Gasteiger partial charge on any atom is 0.319 e. The summed E-state index contributed by atoms with van der Waals surface area (Å²) in [5.74, 6) is -0.257. The van der Waals surface area contributed by atoms with Crippen LogP contribution in [-0.4, -0.2) is 30.3 Å². The summed E-state index contributed by atoms with van der Waals surface area (Å²) in [5.41, 5.74) is 0.607. The van der Waals surface area contributed by atoms with Crippen molar-refractivity contribution in [1.82, 2.24) is 5.32 Å². The molecule has 0 spiro atoms. The molecule has 18 heavy (non-hydrogen) atoms. The number of hydrogen-bond acceptors (Lipinski definition) is 3. The molecule has 6 heteroatoms. The molecule has 0 aliphatic heterocycles. The number of rotatable bonds is 5. The topological polar surface area (TPSA) is 87.7 Å². The van der Waals surface area contributed by atoms with E-state index >= 15 is 0 Å². The molecule has 0 radical (unpaired) electrons. The third kappa shape index (κ3) is 4.73. The molecule has 0 saturated carbocycles. The van der Waals surface area contributed by atoms with E-state index in [2.05, 4.69) is 10.6 Å². The maximum atomic E-state index is 11.5. The molecule has 1 aromatic rings. The average Bonchev–Trinajstić information content (AvgIpc) is 2.28. The van der Waals surface area contributed by atoms with Crippen LogP contribution in [0.2, 0.25) is 0 Å². The molecule has 6 nitrogen and oxygen atoms in total. The van der Waals surface area contributed by atoms with E-state index < -0.39 is 18.0 Å². The molecule has 0 saturated heterocycles. The number of carbonyl (C=O) groups is 2. The third-order valence-electron chi connectivity index (χ3n) is 2.21. The number of carboxylic acid groups (broad SMARTS) is 1. The molecule has 1 aromatic carbocycles. The molecular formula is C12H16N2O4. The Balaban J connectivity index is 2.46. The van der Waals surface area contributed by atoms with Gasteiger partial charge in [0.15, 0.2) is 0 Å². The molecule has 3 N–H and O–H groups in total. The van der Waals surface area contributed by atoms with Crippen molar-refractivity contribution in [3.05, 3.63) is 24.3 Å². The van der Waals surface area contributed by atoms with Gasteiger partial charge in [0.05, 0.1) is 13.5 Å². The molecule has 98 valence electrons. The van der Waals surface area contributed by atoms with Gasteiger partial charge in [0.1, 0.15) is 5.75 Å². The largest absolute Gasteiger partial charge is 0.497 e. The maximum absolute atomic E-state index is 11.5. The normalized spacial score (nSPS) is 11.4. The van der Waals surface area contributed by atoms with Crippen molar-refractivity contribution in [1.29, 1.82) is 0 Å². The number of aliphatic carboxylic acids is 1. The summed E-state index contributed by atoms with van der Waals surface area (Å²) in [7, 11) is 1.56. The zero-order chi connectivity index (χ0) is 13.5. The molecule has 1 unspecified atom stereocenters. The van der Waals surface area contributed by atoms with Crippen molar-refractivity contribution in [3.63, 3.8) is 0 Å². The van der Waals surface area contributed by atoms with E-state index in [1.165, 1.54) is 0 Å². The minimum absolute atomic E-state index is 0.115. The van der Waals surface area contributed by atoms with Gasteiger partial charge >= 0.3 is 12.0 Å². The minimum atomic E-state index is -0.952. The number of benzene rings is 1. The van der Waals surface area contributed by atoms with E-state index in [4.69, 9.17) is 9.84 Å². The molecule has 2 amide bonds. The fraction of sp³-hybridized carbons (Fsp3) is 0.333. The highest BCUT2D eigenvalue weighted by molar-refractivity contribution is 5.89. The third-order valence-corrected chi connectivity index (χ3v) is 2.21. The van der Waals surface area contributed by atoms with E-state index in [-0.39, 0.29) is 6.42 Å². The molecule has 0 aliphatic rings. The Bertz CT molecular complexity index is 417. The van der Waals surface area contributed by atoms with Crippen LogP contribution in [0.5, 0.6) is 5.75 Å². The average molecular weight is 252 g/mol. The zero-order valence-electron chi connectivity index (χ0n) is 10.3. The Hall–Kier alpha value is -2.24. The van der Waals surface area contributed by atoms with Gasteiger partial charge in [-0.05, 0) is 31.2 Å². The van der Waals surface area contributed by atoms with Gasteiger partial charge in [-0.3, -0.25) is 4.79 Å². The fourth-order valence-electron chi connectivity index (χ4n) is 1.38. The predicted octanol–water partition coefficient (Wildman–Crippen LogP) is 1.68. The van der Waals surface area contributed by atoms with Crippen molar-refractivity contribution < 1.29 is 19.4 Å². The monoisotopic (exact) mass is 252 g/mol. The summed E-state index contributed by atoms with van der Waals surface area (Å²) in [4.78, 5) is 21.9. The second-order valence-electron chi connectivity index (χ2n) is 3.83. The predicted molar refractivity (Wildman–Crippen MR) is 66.9 cm³/mol. The van der Waals surface area contributed by atoms with Crippen LogP contribution in [0.25, 0.3) is 0 Å². The van der Waals surface area contributed by atoms with Crippen molar-refractivity contribution in [2.45, 2.75) is 19.4 Å². The molecule has 0 fully saturated rings. The SMILES string of the molecule is COc1ccc(NC(=O)NC(C)CC(=O)O)cc1. The fourth-order valence-corrected chi connectivity index (χ4v) is 1.38. The molecule has 0 aromatic heterocycles. The number of nitrogens with one attached hydrogen (secondary N) is 2. The summed E-state index contributed by atoms with van der Waals surface area (Å²) < 4.78 is 4.99. The lowest BCUT2D eigenvalue weighted by molar-refractivity contribution is -0.137. The quantitative estimate of drug-likeness (QED) is 0.744. The Labute approximate surface area is 105 Å². The van der Waals surface area contributed by atoms with Crippen LogP contribution in [0.3, 0.4) is 0 Å². The van der Waals surface area contributed by atoms with Crippen LogP contribution in [0, 0.1) is 0 Å². The van der Waals surface area contributed by atoms with Gasteiger partial charge in [-0.2, -0.15) is 0 Å². The van der Waals surface area contributed by atoms with E-state index in [9.17, 15) is 9.59 Å². The van der Waals surface area contributed by atoms with E-state index in [1.54, 1.807) is 38.3 Å². The lowest BCUT2D eigenvalue weighted by Gasteiger charge is -2.12. The van der Waals surface area contributed by atoms with Crippen LogP contribution in [0.1, 0.15) is 13.3 Å². The Morgan fingerprint density at radius 1 is 1.33 bits per heavy atom. The minimum Gasteiger partial charge on any atom is -0.497 e. The summed E-state index contributed by atoms with van der Waals surface area (Å²) in [5, 5.41) is 13.7. The standard InChI is InChI=1S/C12H16N2O4/c1-8(7-11(15)16)13-12(17)14-9-3-5-10(18-2)6-4-9/h3-6,8H,7H2,1-2H3,(H,15,16)(H2,13,14,17). The molecule has 0 bridgehead atoms. The number of carbonyl (C=O) groups excluding carboxylic acids is 1. The molecule has 1 rings (SSSR count). The van der Waals surface area contributed by atoms with Crippen molar-refractivity contribution >= 4 is 17.7 Å². The van der Waals surface area contributed by atoms with Gasteiger partial charge in [0.25, 0.3) is 0 Å². The summed E-state index contributed by atoms with van der Waals surface area (Å²) >= 11 is 0. The first-order chi connectivity index (χ1) is 8.51. The van der Waals surface area contributed by atoms with Gasteiger partial charge in [-0.1, -0.05) is 0 Å². The molecule has 1 atom stereocenters. The van der Waals surface area contributed by atoms with E-state index in [0.717, 1.165) is 0 Å². The number of carboxylic acids is 1. The summed E-state index contributed by atoms with van der Waals surface area (Å²) in [6, 6.07) is 5.96. The van der Waals surface area contributed by atoms with Gasteiger partial charge in [0.2, 0.25) is 0 Å². The Kier molecular flexibility index (Phi) is 4.98. The van der Waals surface area contributed by atoms with Crippen molar-refractivity contribution in [2.75, 3.05) is 12.4 Å². The number of hydrogen-bond donors (Lipinski definition) is 3. The highest BCUT2D eigenvalue weighted by Crippen LogP contribution is 2.14. The smallest absolute Gasteiger partial charge is 0.319 e. The van der Waals surface area contributed by atoms with Gasteiger partial charge in [0, 0.05) is 11.7 Å². The highest BCUT2D eigenvalue weighted by Gasteiger charge is 2.10. The van der Waals surface area contributed by atoms with E-state index in [1.807, 2.05) is 0 Å². The number of urea groups is 1. The summed E-state index contributed by atoms with van der Waals surface area (Å²) in [6.45, 7) is 1.63. The first-order valence-corrected chi connectivity index (χ1v) is 5.44. The number of ether oxygens (including phenoxy) is 1. The number of amides is 2. The van der Waals surface area contributed by atoms with Crippen LogP contribution in [0.4, 0.5) is 10.5 Å². The van der Waals surface area contributed by atoms with Crippen molar-refractivity contribution in [3.8, 4) is 5.75 Å². The first kappa shape index (κ1) is 13.8. The molecule has 0 aliphatic carbocycles. The lowest BCUT2D eigenvalue weighted by atomic mass is 10.2. The number of anilines is 1. The highest BCUT2D eigenvalue weighted by atomic mass is 16.5. The summed E-state index contributed by atoms with van der Waals surface area (Å²) in [6.07, 6.45) is -0.115. The zero-order valence-corrected chi connectivity index (χ0v) is 10.3. The number of methoxy groups -OCH3 is 1. The second kappa shape index (κ2) is 6.48. The molecule has 0 heterocycles. The van der Waals surface area contributed by atoms with E-state index in [0.29, 0.717) is 11.4 Å². The second-order valence-corrected chi connectivity index (χ2v) is 3.83. The van der Waals surface area contributed by atoms with Gasteiger partial charge in [-0.15, -0.1) is 0 Å².